The molecule has 0 spiro atoms. The Hall–Kier alpha value is -1.52. The molecule has 0 aliphatic carbocycles. The van der Waals surface area contributed by atoms with Crippen molar-refractivity contribution in [3.63, 3.8) is 0 Å². The van der Waals surface area contributed by atoms with Gasteiger partial charge in [0.2, 0.25) is 0 Å². The zero-order valence-electron chi connectivity index (χ0n) is 9.73. The summed E-state index contributed by atoms with van der Waals surface area (Å²) in [5, 5.41) is 0. The SMILES string of the molecule is C=COCCC(C(=O)OCC)C(=O)OCC. The van der Waals surface area contributed by atoms with Crippen LogP contribution < -0.4 is 0 Å². The Morgan fingerprint density at radius 2 is 1.69 bits per heavy atom. The number of carbonyl (C=O) groups is 2. The van der Waals surface area contributed by atoms with Gasteiger partial charge < -0.3 is 14.2 Å². The monoisotopic (exact) mass is 230 g/mol. The quantitative estimate of drug-likeness (QED) is 0.272. The molecule has 0 N–H and O–H groups in total. The van der Waals surface area contributed by atoms with Crippen LogP contribution in [0, 0.1) is 5.92 Å². The molecule has 0 aliphatic rings. The standard InChI is InChI=1S/C11H18O5/c1-4-14-8-7-9(10(12)15-5-2)11(13)16-6-3/h4,9H,1,5-8H2,2-3H3. The van der Waals surface area contributed by atoms with Gasteiger partial charge in [-0.1, -0.05) is 6.58 Å². The molecule has 0 fully saturated rings. The summed E-state index contributed by atoms with van der Waals surface area (Å²) < 4.78 is 14.4. The van der Waals surface area contributed by atoms with E-state index < -0.39 is 17.9 Å². The highest BCUT2D eigenvalue weighted by Crippen LogP contribution is 2.09. The molecule has 0 aromatic carbocycles. The number of carbonyl (C=O) groups excluding carboxylic acids is 2. The van der Waals surface area contributed by atoms with Crippen molar-refractivity contribution in [2.45, 2.75) is 20.3 Å². The van der Waals surface area contributed by atoms with E-state index in [1.165, 1.54) is 6.26 Å². The van der Waals surface area contributed by atoms with Crippen molar-refractivity contribution in [1.82, 2.24) is 0 Å². The van der Waals surface area contributed by atoms with Crippen LogP contribution in [0.25, 0.3) is 0 Å². The minimum Gasteiger partial charge on any atom is -0.502 e. The van der Waals surface area contributed by atoms with Gasteiger partial charge in [-0.15, -0.1) is 0 Å². The molecule has 0 radical (unpaired) electrons. The van der Waals surface area contributed by atoms with E-state index in [1.54, 1.807) is 13.8 Å². The molecule has 0 saturated heterocycles. The molecule has 0 saturated carbocycles. The summed E-state index contributed by atoms with van der Waals surface area (Å²) in [5.41, 5.74) is 0. The van der Waals surface area contributed by atoms with Gasteiger partial charge in [0.25, 0.3) is 0 Å². The van der Waals surface area contributed by atoms with E-state index in [0.29, 0.717) is 0 Å². The molecule has 0 atom stereocenters. The highest BCUT2D eigenvalue weighted by Gasteiger charge is 2.29. The normalized spacial score (nSPS) is 9.69. The maximum absolute atomic E-state index is 11.4. The smallest absolute Gasteiger partial charge is 0.320 e. The van der Waals surface area contributed by atoms with Crippen LogP contribution in [-0.4, -0.2) is 31.8 Å². The van der Waals surface area contributed by atoms with Crippen LogP contribution in [0.2, 0.25) is 0 Å². The molecule has 0 heterocycles. The summed E-state index contributed by atoms with van der Waals surface area (Å²) in [6, 6.07) is 0. The van der Waals surface area contributed by atoms with Crippen LogP contribution in [0.4, 0.5) is 0 Å². The molecule has 16 heavy (non-hydrogen) atoms. The predicted octanol–water partition coefficient (Wildman–Crippen LogP) is 1.28. The van der Waals surface area contributed by atoms with Crippen molar-refractivity contribution in [1.29, 1.82) is 0 Å². The lowest BCUT2D eigenvalue weighted by molar-refractivity contribution is -0.162. The van der Waals surface area contributed by atoms with Gasteiger partial charge in [0.1, 0.15) is 0 Å². The third-order valence-corrected chi connectivity index (χ3v) is 1.78. The average Bonchev–Trinajstić information content (AvgIpc) is 2.25. The van der Waals surface area contributed by atoms with Crippen LogP contribution >= 0.6 is 0 Å². The van der Waals surface area contributed by atoms with Crippen molar-refractivity contribution in [2.24, 2.45) is 5.92 Å². The summed E-state index contributed by atoms with van der Waals surface area (Å²) in [5.74, 6) is -2.07. The molecule has 0 rings (SSSR count). The van der Waals surface area contributed by atoms with E-state index >= 15 is 0 Å². The second-order valence-electron chi connectivity index (χ2n) is 2.88. The Bertz CT molecular complexity index is 219. The van der Waals surface area contributed by atoms with E-state index in [-0.39, 0.29) is 26.2 Å². The second-order valence-corrected chi connectivity index (χ2v) is 2.88. The fourth-order valence-electron chi connectivity index (χ4n) is 1.09. The fraction of sp³-hybridized carbons (Fsp3) is 0.636. The van der Waals surface area contributed by atoms with Crippen molar-refractivity contribution in [3.8, 4) is 0 Å². The Morgan fingerprint density at radius 1 is 1.19 bits per heavy atom. The van der Waals surface area contributed by atoms with Crippen molar-refractivity contribution < 1.29 is 23.8 Å². The lowest BCUT2D eigenvalue weighted by Gasteiger charge is -2.13. The molecule has 0 aromatic rings. The first-order valence-electron chi connectivity index (χ1n) is 5.23. The first kappa shape index (κ1) is 14.5. The lowest BCUT2D eigenvalue weighted by atomic mass is 10.1. The Kier molecular flexibility index (Phi) is 7.93. The third-order valence-electron chi connectivity index (χ3n) is 1.78. The summed E-state index contributed by atoms with van der Waals surface area (Å²) in [4.78, 5) is 22.9. The van der Waals surface area contributed by atoms with Gasteiger partial charge in [0.15, 0.2) is 5.92 Å². The minimum atomic E-state index is -0.917. The summed E-state index contributed by atoms with van der Waals surface area (Å²) in [6.07, 6.45) is 1.48. The summed E-state index contributed by atoms with van der Waals surface area (Å²) >= 11 is 0. The van der Waals surface area contributed by atoms with Crippen molar-refractivity contribution >= 4 is 11.9 Å². The molecule has 5 nitrogen and oxygen atoms in total. The Morgan fingerprint density at radius 3 is 2.06 bits per heavy atom. The van der Waals surface area contributed by atoms with Gasteiger partial charge in [-0.05, 0) is 13.8 Å². The van der Waals surface area contributed by atoms with Gasteiger partial charge in [-0.25, -0.2) is 0 Å². The highest BCUT2D eigenvalue weighted by molar-refractivity contribution is 5.94. The zero-order chi connectivity index (χ0) is 12.4. The number of ether oxygens (including phenoxy) is 3. The van der Waals surface area contributed by atoms with Gasteiger partial charge in [0, 0.05) is 6.42 Å². The number of hydrogen-bond donors (Lipinski definition) is 0. The zero-order valence-corrected chi connectivity index (χ0v) is 9.73. The lowest BCUT2D eigenvalue weighted by Crippen LogP contribution is -2.29. The van der Waals surface area contributed by atoms with E-state index in [2.05, 4.69) is 6.58 Å². The molecule has 0 unspecified atom stereocenters. The maximum atomic E-state index is 11.4. The first-order chi connectivity index (χ1) is 7.67. The van der Waals surface area contributed by atoms with Crippen LogP contribution in [-0.2, 0) is 23.8 Å². The largest absolute Gasteiger partial charge is 0.502 e. The van der Waals surface area contributed by atoms with Crippen LogP contribution in [0.1, 0.15) is 20.3 Å². The Labute approximate surface area is 95.4 Å². The van der Waals surface area contributed by atoms with Gasteiger partial charge in [0.05, 0.1) is 26.1 Å². The summed E-state index contributed by atoms with van der Waals surface area (Å²) in [7, 11) is 0. The molecule has 0 amide bonds. The second kappa shape index (κ2) is 8.76. The topological polar surface area (TPSA) is 61.8 Å². The van der Waals surface area contributed by atoms with E-state index in [1.807, 2.05) is 0 Å². The summed E-state index contributed by atoms with van der Waals surface area (Å²) in [6.45, 7) is 7.42. The Balaban J connectivity index is 4.30. The fourth-order valence-corrected chi connectivity index (χ4v) is 1.09. The van der Waals surface area contributed by atoms with Gasteiger partial charge >= 0.3 is 11.9 Å². The maximum Gasteiger partial charge on any atom is 0.320 e. The van der Waals surface area contributed by atoms with Crippen LogP contribution in [0.3, 0.4) is 0 Å². The molecule has 0 bridgehead atoms. The first-order valence-corrected chi connectivity index (χ1v) is 5.23. The van der Waals surface area contributed by atoms with E-state index in [9.17, 15) is 9.59 Å². The van der Waals surface area contributed by atoms with E-state index in [4.69, 9.17) is 14.2 Å². The van der Waals surface area contributed by atoms with Crippen molar-refractivity contribution in [3.05, 3.63) is 12.8 Å². The van der Waals surface area contributed by atoms with E-state index in [0.717, 1.165) is 0 Å². The molecular weight excluding hydrogens is 212 g/mol. The van der Waals surface area contributed by atoms with Crippen LogP contribution in [0.15, 0.2) is 12.8 Å². The van der Waals surface area contributed by atoms with Gasteiger partial charge in [-0.2, -0.15) is 0 Å². The van der Waals surface area contributed by atoms with Gasteiger partial charge in [-0.3, -0.25) is 9.59 Å². The minimum absolute atomic E-state index is 0.226. The molecule has 0 aromatic heterocycles. The van der Waals surface area contributed by atoms with Crippen molar-refractivity contribution in [2.75, 3.05) is 19.8 Å². The third kappa shape index (κ3) is 5.38. The molecular formula is C11H18O5. The van der Waals surface area contributed by atoms with Crippen LogP contribution in [0.5, 0.6) is 0 Å². The highest BCUT2D eigenvalue weighted by atomic mass is 16.6. The molecule has 0 aliphatic heterocycles. The number of rotatable bonds is 8. The average molecular weight is 230 g/mol. The number of esters is 2. The molecule has 92 valence electrons. The predicted molar refractivity (Wildman–Crippen MR) is 57.5 cm³/mol. The number of hydrogen-bond acceptors (Lipinski definition) is 5. The molecule has 5 heteroatoms.